The van der Waals surface area contributed by atoms with Crippen molar-refractivity contribution in [2.24, 2.45) is 0 Å². The first-order chi connectivity index (χ1) is 12.6. The van der Waals surface area contributed by atoms with Gasteiger partial charge < -0.3 is 0 Å². The van der Waals surface area contributed by atoms with Crippen LogP contribution in [0.25, 0.3) is 16.9 Å². The number of amides is 1. The number of thiazole rings is 1. The predicted octanol–water partition coefficient (Wildman–Crippen LogP) is 3.72. The average Bonchev–Trinajstić information content (AvgIpc) is 3.10. The summed E-state index contributed by atoms with van der Waals surface area (Å²) in [5.74, 6) is -0.555. The smallest absolute Gasteiger partial charge is 0.270 e. The second-order valence-electron chi connectivity index (χ2n) is 5.38. The van der Waals surface area contributed by atoms with Gasteiger partial charge >= 0.3 is 0 Å². The summed E-state index contributed by atoms with van der Waals surface area (Å²) in [6, 6.07) is 12.5. The lowest BCUT2D eigenvalue weighted by Crippen LogP contribution is -2.26. The first kappa shape index (κ1) is 16.4. The average molecular weight is 383 g/mol. The molecule has 0 radical (unpaired) electrons. The molecule has 0 aliphatic rings. The number of carbonyl (C=O) groups excluding carboxylic acids is 1. The van der Waals surface area contributed by atoms with Gasteiger partial charge in [-0.1, -0.05) is 35.9 Å². The second kappa shape index (κ2) is 6.70. The van der Waals surface area contributed by atoms with Gasteiger partial charge in [-0.05, 0) is 18.2 Å². The number of pyridine rings is 1. The highest BCUT2D eigenvalue weighted by Gasteiger charge is 2.15. The van der Waals surface area contributed by atoms with Crippen LogP contribution in [0.4, 0.5) is 5.13 Å². The third-order valence-electron chi connectivity index (χ3n) is 3.73. The monoisotopic (exact) mass is 382 g/mol. The Hall–Kier alpha value is -3.03. The topological polar surface area (TPSA) is 76.4 Å². The molecular weight excluding hydrogens is 372 g/mol. The maximum Gasteiger partial charge on any atom is 0.270 e. The molecule has 0 saturated carbocycles. The van der Waals surface area contributed by atoms with Crippen LogP contribution in [0.1, 0.15) is 10.4 Å². The Morgan fingerprint density at radius 2 is 1.96 bits per heavy atom. The molecule has 4 rings (SSSR count). The largest absolute Gasteiger partial charge is 0.298 e. The highest BCUT2D eigenvalue weighted by molar-refractivity contribution is 7.14. The minimum atomic E-state index is -0.555. The van der Waals surface area contributed by atoms with Gasteiger partial charge in [0.2, 0.25) is 0 Å². The van der Waals surface area contributed by atoms with E-state index in [4.69, 9.17) is 11.6 Å². The summed E-state index contributed by atoms with van der Waals surface area (Å²) in [7, 11) is 0. The molecule has 8 heteroatoms. The van der Waals surface area contributed by atoms with E-state index in [0.717, 1.165) is 5.56 Å². The highest BCUT2D eigenvalue weighted by atomic mass is 35.5. The van der Waals surface area contributed by atoms with E-state index in [-0.39, 0.29) is 5.56 Å². The van der Waals surface area contributed by atoms with Gasteiger partial charge in [-0.2, -0.15) is 0 Å². The van der Waals surface area contributed by atoms with Gasteiger partial charge in [0.15, 0.2) is 5.13 Å². The number of nitrogens with zero attached hydrogens (tertiary/aromatic N) is 3. The molecule has 0 spiro atoms. The molecule has 0 fully saturated rings. The zero-order valence-electron chi connectivity index (χ0n) is 13.2. The Balaban J connectivity index is 1.63. The summed E-state index contributed by atoms with van der Waals surface area (Å²) in [5.41, 5.74) is 1.42. The number of hydrogen-bond donors (Lipinski definition) is 1. The molecule has 26 heavy (non-hydrogen) atoms. The van der Waals surface area contributed by atoms with E-state index in [1.807, 2.05) is 18.2 Å². The van der Waals surface area contributed by atoms with E-state index in [1.165, 1.54) is 21.9 Å². The fraction of sp³-hybridized carbons (Fsp3) is 0. The molecule has 0 unspecified atom stereocenters. The number of aromatic nitrogens is 3. The van der Waals surface area contributed by atoms with E-state index in [1.54, 1.807) is 35.8 Å². The number of hydrogen-bond acceptors (Lipinski definition) is 5. The van der Waals surface area contributed by atoms with E-state index >= 15 is 0 Å². The third kappa shape index (κ3) is 2.98. The Morgan fingerprint density at radius 1 is 1.15 bits per heavy atom. The summed E-state index contributed by atoms with van der Waals surface area (Å²) < 4.78 is 1.33. The molecule has 1 aromatic carbocycles. The van der Waals surface area contributed by atoms with Gasteiger partial charge in [0.05, 0.1) is 5.69 Å². The molecule has 6 nitrogen and oxygen atoms in total. The predicted molar refractivity (Wildman–Crippen MR) is 102 cm³/mol. The minimum absolute atomic E-state index is 0.0526. The van der Waals surface area contributed by atoms with Gasteiger partial charge in [-0.15, -0.1) is 11.3 Å². The summed E-state index contributed by atoms with van der Waals surface area (Å²) in [6.07, 6.45) is 2.84. The van der Waals surface area contributed by atoms with Gasteiger partial charge in [-0.3, -0.25) is 19.3 Å². The van der Waals surface area contributed by atoms with Crippen LogP contribution in [-0.2, 0) is 0 Å². The Kier molecular flexibility index (Phi) is 4.24. The summed E-state index contributed by atoms with van der Waals surface area (Å²) in [5, 5.41) is 5.39. The molecule has 0 aliphatic carbocycles. The van der Waals surface area contributed by atoms with Crippen molar-refractivity contribution in [3.8, 4) is 11.3 Å². The number of nitrogens with one attached hydrogen (secondary N) is 1. The van der Waals surface area contributed by atoms with Crippen molar-refractivity contribution in [3.63, 3.8) is 0 Å². The summed E-state index contributed by atoms with van der Waals surface area (Å²) in [6.45, 7) is 0. The first-order valence-electron chi connectivity index (χ1n) is 7.61. The van der Waals surface area contributed by atoms with E-state index in [9.17, 15) is 9.59 Å². The van der Waals surface area contributed by atoms with Crippen LogP contribution in [0.2, 0.25) is 5.02 Å². The molecule has 0 atom stereocenters. The van der Waals surface area contributed by atoms with Crippen LogP contribution >= 0.6 is 22.9 Å². The number of fused-ring (bicyclic) bond motifs is 1. The maximum absolute atomic E-state index is 12.5. The van der Waals surface area contributed by atoms with Crippen molar-refractivity contribution in [1.29, 1.82) is 0 Å². The zero-order chi connectivity index (χ0) is 18.1. The van der Waals surface area contributed by atoms with E-state index in [2.05, 4.69) is 15.3 Å². The van der Waals surface area contributed by atoms with Crippen LogP contribution in [0.15, 0.2) is 65.0 Å². The standard InChI is InChI=1S/C18H11ClN4O2S/c19-13-6-2-1-5-11(13)14-10-26-18(21-14)22-16(24)12-9-20-15-7-3-4-8-23(15)17(12)25/h1-10H,(H,21,22,24). The second-order valence-corrected chi connectivity index (χ2v) is 6.64. The Bertz CT molecular complexity index is 1190. The fourth-order valence-corrected chi connectivity index (χ4v) is 3.41. The molecular formula is C18H11ClN4O2S. The molecule has 4 aromatic rings. The number of benzene rings is 1. The SMILES string of the molecule is O=C(Nc1nc(-c2ccccc2Cl)cs1)c1cnc2ccccn2c1=O. The number of carbonyl (C=O) groups is 1. The van der Waals surface area contributed by atoms with Gasteiger partial charge in [0, 0.05) is 28.4 Å². The molecule has 3 heterocycles. The van der Waals surface area contributed by atoms with E-state index < -0.39 is 11.5 Å². The van der Waals surface area contributed by atoms with Gasteiger partial charge in [0.1, 0.15) is 11.2 Å². The maximum atomic E-state index is 12.5. The van der Waals surface area contributed by atoms with E-state index in [0.29, 0.717) is 21.5 Å². The molecule has 3 aromatic heterocycles. The lowest BCUT2D eigenvalue weighted by Gasteiger charge is -2.04. The summed E-state index contributed by atoms with van der Waals surface area (Å²) in [4.78, 5) is 33.4. The normalized spacial score (nSPS) is 10.8. The van der Waals surface area contributed by atoms with Crippen molar-refractivity contribution in [2.75, 3.05) is 5.32 Å². The Morgan fingerprint density at radius 3 is 2.81 bits per heavy atom. The van der Waals surface area contributed by atoms with Crippen LogP contribution in [0, 0.1) is 0 Å². The van der Waals surface area contributed by atoms with Crippen molar-refractivity contribution in [2.45, 2.75) is 0 Å². The molecule has 0 bridgehead atoms. The first-order valence-corrected chi connectivity index (χ1v) is 8.87. The number of halogens is 1. The van der Waals surface area contributed by atoms with Crippen molar-refractivity contribution >= 4 is 39.6 Å². The summed E-state index contributed by atoms with van der Waals surface area (Å²) >= 11 is 7.43. The minimum Gasteiger partial charge on any atom is -0.298 e. The number of rotatable bonds is 3. The number of anilines is 1. The van der Waals surface area contributed by atoms with Crippen molar-refractivity contribution in [1.82, 2.24) is 14.4 Å². The quantitative estimate of drug-likeness (QED) is 0.585. The van der Waals surface area contributed by atoms with Gasteiger partial charge in [-0.25, -0.2) is 9.97 Å². The molecule has 128 valence electrons. The molecule has 1 amide bonds. The van der Waals surface area contributed by atoms with Crippen molar-refractivity contribution < 1.29 is 4.79 Å². The van der Waals surface area contributed by atoms with Crippen LogP contribution < -0.4 is 10.9 Å². The van der Waals surface area contributed by atoms with Crippen LogP contribution in [-0.4, -0.2) is 20.3 Å². The van der Waals surface area contributed by atoms with Crippen molar-refractivity contribution in [3.05, 3.63) is 81.2 Å². The lowest BCUT2D eigenvalue weighted by molar-refractivity contribution is 0.102. The fourth-order valence-electron chi connectivity index (χ4n) is 2.47. The van der Waals surface area contributed by atoms with Crippen LogP contribution in [0.5, 0.6) is 0 Å². The Labute approximate surface area is 156 Å². The molecule has 0 aliphatic heterocycles. The third-order valence-corrected chi connectivity index (χ3v) is 4.82. The zero-order valence-corrected chi connectivity index (χ0v) is 14.8. The highest BCUT2D eigenvalue weighted by Crippen LogP contribution is 2.30. The van der Waals surface area contributed by atoms with Crippen LogP contribution in [0.3, 0.4) is 0 Å². The molecule has 1 N–H and O–H groups in total. The lowest BCUT2D eigenvalue weighted by atomic mass is 10.2. The van der Waals surface area contributed by atoms with Gasteiger partial charge in [0.25, 0.3) is 11.5 Å². The molecule has 0 saturated heterocycles.